The molecule has 15 heavy (non-hydrogen) atoms. The average molecular weight is 239 g/mol. The van der Waals surface area contributed by atoms with E-state index in [4.69, 9.17) is 0 Å². The lowest BCUT2D eigenvalue weighted by Crippen LogP contribution is -2.03. The summed E-state index contributed by atoms with van der Waals surface area (Å²) in [6, 6.07) is 2.07. The zero-order valence-electron chi connectivity index (χ0n) is 8.78. The molecule has 0 bridgehead atoms. The highest BCUT2D eigenvalue weighted by molar-refractivity contribution is 7.97. The Morgan fingerprint density at radius 3 is 3.07 bits per heavy atom. The molecule has 5 heteroatoms. The number of hydrogen-bond donors (Lipinski definition) is 1. The van der Waals surface area contributed by atoms with Gasteiger partial charge in [0.15, 0.2) is 0 Å². The fourth-order valence-corrected chi connectivity index (χ4v) is 2.57. The first-order valence-corrected chi connectivity index (χ1v) is 7.09. The molecular weight excluding hydrogens is 226 g/mol. The lowest BCUT2D eigenvalue weighted by Gasteiger charge is -2.05. The van der Waals surface area contributed by atoms with Crippen molar-refractivity contribution < 1.29 is 0 Å². The summed E-state index contributed by atoms with van der Waals surface area (Å²) in [7, 11) is 0. The lowest BCUT2D eigenvalue weighted by atomic mass is 10.3. The molecule has 0 aliphatic heterocycles. The summed E-state index contributed by atoms with van der Waals surface area (Å²) in [5, 5.41) is 6.47. The minimum absolute atomic E-state index is 0.867. The SMILES string of the molecule is CCNc1nc(CSC)nc2sccc12. The molecule has 1 N–H and O–H groups in total. The minimum atomic E-state index is 0.867. The lowest BCUT2D eigenvalue weighted by molar-refractivity contribution is 1.06. The Kier molecular flexibility index (Phi) is 3.43. The highest BCUT2D eigenvalue weighted by Crippen LogP contribution is 2.25. The van der Waals surface area contributed by atoms with E-state index in [0.717, 1.165) is 34.2 Å². The normalized spacial score (nSPS) is 10.8. The number of anilines is 1. The van der Waals surface area contributed by atoms with Crippen LogP contribution in [0.25, 0.3) is 10.2 Å². The van der Waals surface area contributed by atoms with E-state index in [0.29, 0.717) is 0 Å². The largest absolute Gasteiger partial charge is 0.370 e. The van der Waals surface area contributed by atoms with E-state index in [1.165, 1.54) is 0 Å². The Morgan fingerprint density at radius 1 is 1.47 bits per heavy atom. The first-order chi connectivity index (χ1) is 7.35. The van der Waals surface area contributed by atoms with Crippen LogP contribution in [0.1, 0.15) is 12.7 Å². The Morgan fingerprint density at radius 2 is 2.33 bits per heavy atom. The standard InChI is InChI=1S/C10H13N3S2/c1-3-11-9-7-4-5-15-10(7)13-8(12-9)6-14-2/h4-5H,3,6H2,1-2H3,(H,11,12,13). The Hall–Kier alpha value is -0.810. The summed E-state index contributed by atoms with van der Waals surface area (Å²) in [6.07, 6.45) is 2.06. The van der Waals surface area contributed by atoms with Gasteiger partial charge in [0.25, 0.3) is 0 Å². The van der Waals surface area contributed by atoms with E-state index in [9.17, 15) is 0 Å². The van der Waals surface area contributed by atoms with E-state index >= 15 is 0 Å². The number of nitrogens with zero attached hydrogens (tertiary/aromatic N) is 2. The maximum Gasteiger partial charge on any atom is 0.142 e. The molecule has 2 heterocycles. The third kappa shape index (κ3) is 2.23. The number of nitrogens with one attached hydrogen (secondary N) is 1. The van der Waals surface area contributed by atoms with Crippen molar-refractivity contribution in [2.45, 2.75) is 12.7 Å². The zero-order chi connectivity index (χ0) is 10.7. The molecule has 3 nitrogen and oxygen atoms in total. The van der Waals surface area contributed by atoms with Gasteiger partial charge in [-0.2, -0.15) is 11.8 Å². The topological polar surface area (TPSA) is 37.8 Å². The third-order valence-corrected chi connectivity index (χ3v) is 3.34. The molecule has 0 aromatic carbocycles. The van der Waals surface area contributed by atoms with Gasteiger partial charge in [0.1, 0.15) is 16.5 Å². The molecule has 0 aliphatic carbocycles. The molecule has 0 aliphatic rings. The monoisotopic (exact) mass is 239 g/mol. The average Bonchev–Trinajstić information content (AvgIpc) is 2.67. The Balaban J connectivity index is 2.48. The van der Waals surface area contributed by atoms with Crippen LogP contribution in [0.4, 0.5) is 5.82 Å². The summed E-state index contributed by atoms with van der Waals surface area (Å²) in [6.45, 7) is 2.97. The second-order valence-corrected chi connectivity index (χ2v) is 4.85. The highest BCUT2D eigenvalue weighted by Gasteiger charge is 2.07. The molecule has 0 amide bonds. The molecule has 0 saturated carbocycles. The Bertz CT molecular complexity index is 453. The third-order valence-electron chi connectivity index (χ3n) is 1.99. The molecule has 0 atom stereocenters. The van der Waals surface area contributed by atoms with Gasteiger partial charge in [-0.15, -0.1) is 11.3 Å². The Labute approximate surface area is 97.3 Å². The molecule has 0 saturated heterocycles. The van der Waals surface area contributed by atoms with Gasteiger partial charge in [-0.05, 0) is 24.6 Å². The van der Waals surface area contributed by atoms with Crippen LogP contribution in [0.2, 0.25) is 0 Å². The second kappa shape index (κ2) is 4.81. The van der Waals surface area contributed by atoms with Crippen LogP contribution in [0.3, 0.4) is 0 Å². The summed E-state index contributed by atoms with van der Waals surface area (Å²) < 4.78 is 0. The predicted octanol–water partition coefficient (Wildman–Crippen LogP) is 2.99. The van der Waals surface area contributed by atoms with Crippen LogP contribution in [-0.4, -0.2) is 22.8 Å². The van der Waals surface area contributed by atoms with Crippen molar-refractivity contribution in [3.8, 4) is 0 Å². The second-order valence-electron chi connectivity index (χ2n) is 3.09. The van der Waals surface area contributed by atoms with Crippen LogP contribution in [-0.2, 0) is 5.75 Å². The zero-order valence-corrected chi connectivity index (χ0v) is 10.4. The predicted molar refractivity (Wildman–Crippen MR) is 68.8 cm³/mol. The van der Waals surface area contributed by atoms with Gasteiger partial charge in [0, 0.05) is 6.54 Å². The highest BCUT2D eigenvalue weighted by atomic mass is 32.2. The summed E-state index contributed by atoms with van der Waals surface area (Å²) in [5.74, 6) is 2.74. The minimum Gasteiger partial charge on any atom is -0.370 e. The van der Waals surface area contributed by atoms with Gasteiger partial charge in [-0.3, -0.25) is 0 Å². The van der Waals surface area contributed by atoms with E-state index in [-0.39, 0.29) is 0 Å². The molecule has 0 unspecified atom stereocenters. The van der Waals surface area contributed by atoms with Gasteiger partial charge in [-0.25, -0.2) is 9.97 Å². The number of aromatic nitrogens is 2. The van der Waals surface area contributed by atoms with Crippen molar-refractivity contribution in [3.63, 3.8) is 0 Å². The van der Waals surface area contributed by atoms with Crippen molar-refractivity contribution in [2.75, 3.05) is 18.1 Å². The molecule has 2 aromatic heterocycles. The quantitative estimate of drug-likeness (QED) is 0.890. The number of rotatable bonds is 4. The van der Waals surface area contributed by atoms with Crippen LogP contribution in [0.5, 0.6) is 0 Å². The number of hydrogen-bond acceptors (Lipinski definition) is 5. The van der Waals surface area contributed by atoms with E-state index in [1.54, 1.807) is 23.1 Å². The fourth-order valence-electron chi connectivity index (χ4n) is 1.40. The van der Waals surface area contributed by atoms with E-state index in [2.05, 4.69) is 39.9 Å². The van der Waals surface area contributed by atoms with Crippen molar-refractivity contribution in [1.29, 1.82) is 0 Å². The first kappa shape index (κ1) is 10.7. The van der Waals surface area contributed by atoms with Crippen molar-refractivity contribution >= 4 is 39.1 Å². The van der Waals surface area contributed by atoms with Crippen LogP contribution in [0, 0.1) is 0 Å². The molecule has 0 spiro atoms. The van der Waals surface area contributed by atoms with Gasteiger partial charge >= 0.3 is 0 Å². The van der Waals surface area contributed by atoms with E-state index < -0.39 is 0 Å². The van der Waals surface area contributed by atoms with E-state index in [1.807, 2.05) is 0 Å². The molecule has 2 rings (SSSR count). The van der Waals surface area contributed by atoms with Crippen LogP contribution in [0.15, 0.2) is 11.4 Å². The molecule has 80 valence electrons. The molecular formula is C10H13N3S2. The summed E-state index contributed by atoms with van der Waals surface area (Å²) in [4.78, 5) is 10.1. The number of thioether (sulfide) groups is 1. The van der Waals surface area contributed by atoms with Gasteiger partial charge in [-0.1, -0.05) is 0 Å². The van der Waals surface area contributed by atoms with Crippen molar-refractivity contribution in [2.24, 2.45) is 0 Å². The van der Waals surface area contributed by atoms with Crippen LogP contribution >= 0.6 is 23.1 Å². The summed E-state index contributed by atoms with van der Waals surface area (Å²) >= 11 is 3.41. The molecule has 0 fully saturated rings. The maximum atomic E-state index is 4.52. The fraction of sp³-hybridized carbons (Fsp3) is 0.400. The van der Waals surface area contributed by atoms with Gasteiger partial charge in [0.2, 0.25) is 0 Å². The van der Waals surface area contributed by atoms with Gasteiger partial charge < -0.3 is 5.32 Å². The number of thiophene rings is 1. The smallest absolute Gasteiger partial charge is 0.142 e. The van der Waals surface area contributed by atoms with Crippen molar-refractivity contribution in [3.05, 3.63) is 17.3 Å². The van der Waals surface area contributed by atoms with Crippen LogP contribution < -0.4 is 5.32 Å². The summed E-state index contributed by atoms with van der Waals surface area (Å²) in [5.41, 5.74) is 0. The molecule has 0 radical (unpaired) electrons. The molecule has 2 aromatic rings. The van der Waals surface area contributed by atoms with Gasteiger partial charge in [0.05, 0.1) is 11.1 Å². The first-order valence-electron chi connectivity index (χ1n) is 4.82. The maximum absolute atomic E-state index is 4.52. The van der Waals surface area contributed by atoms with Crippen molar-refractivity contribution in [1.82, 2.24) is 9.97 Å². The number of fused-ring (bicyclic) bond motifs is 1.